The first-order valence-corrected chi connectivity index (χ1v) is 12.0. The fourth-order valence-corrected chi connectivity index (χ4v) is 4.58. The second kappa shape index (κ2) is 9.46. The number of hydrogen-bond donors (Lipinski definition) is 2. The Morgan fingerprint density at radius 3 is 2.94 bits per heavy atom. The summed E-state index contributed by atoms with van der Waals surface area (Å²) in [6, 6.07) is 10.9. The Kier molecular flexibility index (Phi) is 5.86. The minimum Gasteiger partial charge on any atom is -0.457 e. The van der Waals surface area contributed by atoms with Crippen molar-refractivity contribution in [3.8, 4) is 11.5 Å². The Bertz CT molecular complexity index is 1540. The number of benzene rings is 1. The van der Waals surface area contributed by atoms with Crippen molar-refractivity contribution in [3.63, 3.8) is 0 Å². The molecule has 0 bridgehead atoms. The lowest BCUT2D eigenvalue weighted by atomic mass is 9.96. The van der Waals surface area contributed by atoms with Crippen molar-refractivity contribution in [2.24, 2.45) is 0 Å². The zero-order valence-electron chi connectivity index (χ0n) is 19.8. The van der Waals surface area contributed by atoms with Crippen molar-refractivity contribution in [3.05, 3.63) is 72.3 Å². The standard InChI is InChI=1S/C26H25FN8O/c1-16-22(36-18-9-12-35-23(13-18)30-15-32-35)7-6-20(24(16)27)34-26-25-21(29-14-31-26)5-4-19(33-25)17-3-2-10-28-11-8-17/h4-7,9,12-15,17,28H,2-3,8,10-11H2,1H3,(H,29,31,34). The van der Waals surface area contributed by atoms with Gasteiger partial charge in [-0.3, -0.25) is 0 Å². The van der Waals surface area contributed by atoms with Crippen LogP contribution in [-0.4, -0.2) is 42.6 Å². The van der Waals surface area contributed by atoms with Crippen LogP contribution in [0, 0.1) is 12.7 Å². The fourth-order valence-electron chi connectivity index (χ4n) is 4.58. The van der Waals surface area contributed by atoms with E-state index in [2.05, 4.69) is 30.7 Å². The van der Waals surface area contributed by atoms with Crippen molar-refractivity contribution in [2.45, 2.75) is 32.1 Å². The van der Waals surface area contributed by atoms with Crippen LogP contribution in [0.2, 0.25) is 0 Å². The molecule has 1 fully saturated rings. The van der Waals surface area contributed by atoms with Crippen molar-refractivity contribution in [2.75, 3.05) is 18.4 Å². The van der Waals surface area contributed by atoms with Crippen LogP contribution in [0.25, 0.3) is 16.7 Å². The van der Waals surface area contributed by atoms with Crippen LogP contribution < -0.4 is 15.4 Å². The van der Waals surface area contributed by atoms with Gasteiger partial charge in [0.15, 0.2) is 17.3 Å². The summed E-state index contributed by atoms with van der Waals surface area (Å²) >= 11 is 0. The number of hydrogen-bond acceptors (Lipinski definition) is 8. The average molecular weight is 485 g/mol. The van der Waals surface area contributed by atoms with E-state index in [0.717, 1.165) is 38.0 Å². The van der Waals surface area contributed by atoms with E-state index >= 15 is 4.39 Å². The molecular formula is C26H25FN8O. The molecule has 5 aromatic rings. The van der Waals surface area contributed by atoms with Crippen molar-refractivity contribution < 1.29 is 9.13 Å². The number of nitrogens with zero attached hydrogens (tertiary/aromatic N) is 6. The quantitative estimate of drug-likeness (QED) is 0.363. The van der Waals surface area contributed by atoms with Crippen LogP contribution in [0.1, 0.15) is 36.4 Å². The molecule has 5 heterocycles. The highest BCUT2D eigenvalue weighted by atomic mass is 19.1. The van der Waals surface area contributed by atoms with Crippen LogP contribution >= 0.6 is 0 Å². The van der Waals surface area contributed by atoms with Gasteiger partial charge in [0.2, 0.25) is 0 Å². The second-order valence-corrected chi connectivity index (χ2v) is 8.91. The van der Waals surface area contributed by atoms with Gasteiger partial charge in [0, 0.05) is 29.4 Å². The smallest absolute Gasteiger partial charge is 0.160 e. The highest BCUT2D eigenvalue weighted by Crippen LogP contribution is 2.33. The maximum atomic E-state index is 15.4. The van der Waals surface area contributed by atoms with E-state index in [1.807, 2.05) is 12.1 Å². The summed E-state index contributed by atoms with van der Waals surface area (Å²) in [5.74, 6) is 1.39. The highest BCUT2D eigenvalue weighted by Gasteiger charge is 2.18. The normalized spacial score (nSPS) is 16.2. The molecule has 1 atom stereocenters. The van der Waals surface area contributed by atoms with Crippen LogP contribution in [0.15, 0.2) is 55.2 Å². The second-order valence-electron chi connectivity index (χ2n) is 8.91. The zero-order chi connectivity index (χ0) is 24.5. The van der Waals surface area contributed by atoms with Crippen molar-refractivity contribution in [1.82, 2.24) is 34.9 Å². The van der Waals surface area contributed by atoms with Crippen molar-refractivity contribution >= 4 is 28.2 Å². The Hall–Kier alpha value is -4.18. The van der Waals surface area contributed by atoms with Gasteiger partial charge in [-0.25, -0.2) is 28.8 Å². The number of aromatic nitrogens is 6. The third kappa shape index (κ3) is 4.31. The molecule has 1 unspecified atom stereocenters. The number of rotatable bonds is 5. The largest absolute Gasteiger partial charge is 0.457 e. The molecule has 2 N–H and O–H groups in total. The molecule has 1 aliphatic heterocycles. The monoisotopic (exact) mass is 484 g/mol. The maximum absolute atomic E-state index is 15.4. The minimum atomic E-state index is -0.422. The first-order valence-electron chi connectivity index (χ1n) is 12.0. The number of ether oxygens (including phenoxy) is 1. The molecule has 36 heavy (non-hydrogen) atoms. The van der Waals surface area contributed by atoms with Gasteiger partial charge in [-0.1, -0.05) is 0 Å². The van der Waals surface area contributed by atoms with Gasteiger partial charge in [-0.2, -0.15) is 5.10 Å². The maximum Gasteiger partial charge on any atom is 0.160 e. The number of fused-ring (bicyclic) bond motifs is 2. The molecule has 1 saturated heterocycles. The summed E-state index contributed by atoms with van der Waals surface area (Å²) in [6.07, 6.45) is 7.91. The molecule has 9 nitrogen and oxygen atoms in total. The number of nitrogens with one attached hydrogen (secondary N) is 2. The summed E-state index contributed by atoms with van der Waals surface area (Å²) in [5, 5.41) is 10.6. The van der Waals surface area contributed by atoms with Crippen LogP contribution in [0.3, 0.4) is 0 Å². The van der Waals surface area contributed by atoms with Gasteiger partial charge < -0.3 is 15.4 Å². The van der Waals surface area contributed by atoms with Gasteiger partial charge >= 0.3 is 0 Å². The topological polar surface area (TPSA) is 102 Å². The van der Waals surface area contributed by atoms with E-state index < -0.39 is 5.82 Å². The van der Waals surface area contributed by atoms with Gasteiger partial charge in [0.05, 0.1) is 11.2 Å². The van der Waals surface area contributed by atoms with Crippen molar-refractivity contribution in [1.29, 1.82) is 0 Å². The van der Waals surface area contributed by atoms with Crippen LogP contribution in [0.5, 0.6) is 11.5 Å². The lowest BCUT2D eigenvalue weighted by Gasteiger charge is -2.16. The zero-order valence-corrected chi connectivity index (χ0v) is 19.8. The van der Waals surface area contributed by atoms with E-state index in [-0.39, 0.29) is 0 Å². The number of pyridine rings is 2. The van der Waals surface area contributed by atoms with Gasteiger partial charge in [-0.15, -0.1) is 0 Å². The molecule has 0 amide bonds. The molecule has 6 rings (SSSR count). The minimum absolute atomic E-state index is 0.290. The number of anilines is 2. The molecule has 4 aromatic heterocycles. The predicted octanol–water partition coefficient (Wildman–Crippen LogP) is 4.91. The SMILES string of the molecule is Cc1c(Oc2ccn3ncnc3c2)ccc(Nc2ncnc3ccc(C4CCCNCC4)nc23)c1F. The molecule has 0 saturated carbocycles. The molecule has 1 aromatic carbocycles. The Morgan fingerprint density at radius 1 is 1.06 bits per heavy atom. The molecule has 10 heteroatoms. The lowest BCUT2D eigenvalue weighted by Crippen LogP contribution is -2.14. The Balaban J connectivity index is 1.28. The molecule has 0 spiro atoms. The third-order valence-corrected chi connectivity index (χ3v) is 6.57. The van der Waals surface area contributed by atoms with E-state index in [4.69, 9.17) is 9.72 Å². The van der Waals surface area contributed by atoms with E-state index in [9.17, 15) is 0 Å². The Morgan fingerprint density at radius 2 is 2.00 bits per heavy atom. The van der Waals surface area contributed by atoms with Gasteiger partial charge in [0.1, 0.15) is 29.7 Å². The van der Waals surface area contributed by atoms with Gasteiger partial charge in [0.25, 0.3) is 0 Å². The lowest BCUT2D eigenvalue weighted by molar-refractivity contribution is 0.471. The summed E-state index contributed by atoms with van der Waals surface area (Å²) in [4.78, 5) is 17.8. The first kappa shape index (κ1) is 22.3. The highest BCUT2D eigenvalue weighted by molar-refractivity contribution is 5.87. The molecular weight excluding hydrogens is 459 g/mol. The number of halogens is 1. The first-order chi connectivity index (χ1) is 17.7. The molecule has 0 radical (unpaired) electrons. The fraction of sp³-hybridized carbons (Fsp3) is 0.269. The Labute approximate surface area is 206 Å². The molecule has 182 valence electrons. The van der Waals surface area contributed by atoms with Crippen LogP contribution in [-0.2, 0) is 0 Å². The predicted molar refractivity (Wildman–Crippen MR) is 134 cm³/mol. The average Bonchev–Trinajstić information content (AvgIpc) is 3.20. The summed E-state index contributed by atoms with van der Waals surface area (Å²) in [5.41, 5.74) is 3.67. The van der Waals surface area contributed by atoms with Gasteiger partial charge in [-0.05, 0) is 69.6 Å². The van der Waals surface area contributed by atoms with E-state index in [1.54, 1.807) is 41.9 Å². The van der Waals surface area contributed by atoms with Crippen LogP contribution in [0.4, 0.5) is 15.9 Å². The summed E-state index contributed by atoms with van der Waals surface area (Å²) < 4.78 is 23.0. The third-order valence-electron chi connectivity index (χ3n) is 6.57. The molecule has 1 aliphatic rings. The van der Waals surface area contributed by atoms with E-state index in [1.165, 1.54) is 12.7 Å². The summed E-state index contributed by atoms with van der Waals surface area (Å²) in [7, 11) is 0. The molecule has 0 aliphatic carbocycles. The summed E-state index contributed by atoms with van der Waals surface area (Å²) in [6.45, 7) is 3.69. The van der Waals surface area contributed by atoms with E-state index in [0.29, 0.717) is 51.2 Å².